The third-order valence-electron chi connectivity index (χ3n) is 4.17. The molecule has 0 aromatic heterocycles. The molecule has 0 fully saturated rings. The molecule has 0 amide bonds. The monoisotopic (exact) mass is 406 g/mol. The first-order valence-electron chi connectivity index (χ1n) is 9.58. The minimum absolute atomic E-state index is 0.229. The molecule has 0 saturated heterocycles. The number of esters is 1. The van der Waals surface area contributed by atoms with Crippen LogP contribution in [-0.4, -0.2) is 31.6 Å². The molecule has 2 atom stereocenters. The molecule has 0 bridgehead atoms. The van der Waals surface area contributed by atoms with E-state index < -0.39 is 6.29 Å². The zero-order chi connectivity index (χ0) is 22.2. The second-order valence-corrected chi connectivity index (χ2v) is 6.26. The lowest BCUT2D eigenvalue weighted by Crippen LogP contribution is -2.10. The Bertz CT molecular complexity index is 829. The third kappa shape index (κ3) is 9.32. The Balaban J connectivity index is 2.63. The lowest BCUT2D eigenvalue weighted by molar-refractivity contribution is -0.135. The molecule has 0 aromatic rings. The van der Waals surface area contributed by atoms with Crippen LogP contribution in [0.3, 0.4) is 0 Å². The predicted octanol–water partition coefficient (Wildman–Crippen LogP) is 5.08. The maximum atomic E-state index is 11.5. The summed E-state index contributed by atoms with van der Waals surface area (Å²) in [5.41, 5.74) is 2.19. The number of rotatable bonds is 11. The van der Waals surface area contributed by atoms with Crippen molar-refractivity contribution in [2.75, 3.05) is 14.2 Å². The van der Waals surface area contributed by atoms with Crippen molar-refractivity contribution in [3.8, 4) is 0 Å². The Morgan fingerprint density at radius 3 is 2.47 bits per heavy atom. The van der Waals surface area contributed by atoms with Gasteiger partial charge in [0.25, 0.3) is 0 Å². The average molecular weight is 407 g/mol. The van der Waals surface area contributed by atoms with Crippen molar-refractivity contribution in [1.29, 1.82) is 0 Å². The topological polar surface area (TPSA) is 55.8 Å². The number of carbonyl (C=O) groups excluding carboxylic acids is 1. The Morgan fingerprint density at radius 2 is 1.87 bits per heavy atom. The molecule has 1 N–H and O–H groups in total. The fraction of sp³-hybridized carbons (Fsp3) is 0.192. The number of hydrogen-bond donors (Lipinski definition) is 1. The molecule has 30 heavy (non-hydrogen) atoms. The quantitative estimate of drug-likeness (QED) is 0.295. The smallest absolute Gasteiger partial charge is 0.337 e. The molecule has 158 valence electrons. The van der Waals surface area contributed by atoms with Gasteiger partial charge in [-0.05, 0) is 17.9 Å². The summed E-state index contributed by atoms with van der Waals surface area (Å²) < 4.78 is 9.57. The molecule has 0 aromatic carbocycles. The lowest BCUT2D eigenvalue weighted by Gasteiger charge is -2.11. The molecule has 1 rings (SSSR count). The summed E-state index contributed by atoms with van der Waals surface area (Å²) in [5.74, 6) is -0.0810. The zero-order valence-electron chi connectivity index (χ0n) is 17.6. The highest BCUT2D eigenvalue weighted by atomic mass is 16.6. The Labute approximate surface area is 179 Å². The van der Waals surface area contributed by atoms with Gasteiger partial charge in [-0.3, -0.25) is 0 Å². The van der Waals surface area contributed by atoms with E-state index in [4.69, 9.17) is 9.47 Å². The predicted molar refractivity (Wildman–Crippen MR) is 123 cm³/mol. The number of aliphatic hydroxyl groups is 1. The van der Waals surface area contributed by atoms with Gasteiger partial charge in [-0.15, -0.1) is 0 Å². The third-order valence-corrected chi connectivity index (χ3v) is 4.17. The van der Waals surface area contributed by atoms with Gasteiger partial charge in [0.15, 0.2) is 6.29 Å². The second kappa shape index (κ2) is 14.7. The lowest BCUT2D eigenvalue weighted by atomic mass is 9.95. The summed E-state index contributed by atoms with van der Waals surface area (Å²) in [4.78, 5) is 11.5. The van der Waals surface area contributed by atoms with Gasteiger partial charge in [0.05, 0.1) is 12.7 Å². The second-order valence-electron chi connectivity index (χ2n) is 6.26. The van der Waals surface area contributed by atoms with Crippen molar-refractivity contribution in [3.63, 3.8) is 0 Å². The molecule has 0 spiro atoms. The molecule has 0 radical (unpaired) electrons. The molecule has 0 aliphatic heterocycles. The summed E-state index contributed by atoms with van der Waals surface area (Å²) in [5, 5.41) is 9.59. The minimum Gasteiger partial charge on any atom is -0.465 e. The van der Waals surface area contributed by atoms with E-state index in [0.717, 1.165) is 12.0 Å². The van der Waals surface area contributed by atoms with E-state index >= 15 is 0 Å². The zero-order valence-corrected chi connectivity index (χ0v) is 17.6. The SMILES string of the molecule is C=C/C=C(\C=C\C=C\C=C\C=C(/C=C)C(O)OC)/C=C/C1C=CC(C(=O)OC)=CC1. The van der Waals surface area contributed by atoms with E-state index in [9.17, 15) is 9.90 Å². The van der Waals surface area contributed by atoms with Gasteiger partial charge in [0, 0.05) is 12.7 Å². The first kappa shape index (κ1) is 24.8. The molecular formula is C26H30O4. The highest BCUT2D eigenvalue weighted by molar-refractivity contribution is 5.91. The van der Waals surface area contributed by atoms with Crippen LogP contribution >= 0.6 is 0 Å². The number of aliphatic hydroxyl groups excluding tert-OH is 1. The summed E-state index contributed by atoms with van der Waals surface area (Å²) in [6, 6.07) is 0. The number of allylic oxidation sites excluding steroid dienone is 14. The summed E-state index contributed by atoms with van der Waals surface area (Å²) in [6.45, 7) is 7.40. The molecular weight excluding hydrogens is 376 g/mol. The van der Waals surface area contributed by atoms with E-state index in [2.05, 4.69) is 19.2 Å². The van der Waals surface area contributed by atoms with Crippen LogP contribution in [0.1, 0.15) is 6.42 Å². The summed E-state index contributed by atoms with van der Waals surface area (Å²) >= 11 is 0. The van der Waals surface area contributed by atoms with Crippen molar-refractivity contribution in [1.82, 2.24) is 0 Å². The molecule has 4 nitrogen and oxygen atoms in total. The van der Waals surface area contributed by atoms with Crippen LogP contribution in [0.4, 0.5) is 0 Å². The maximum Gasteiger partial charge on any atom is 0.337 e. The molecule has 1 aliphatic carbocycles. The number of ether oxygens (including phenoxy) is 2. The normalized spacial score (nSPS) is 19.0. The molecule has 2 unspecified atom stereocenters. The molecule has 0 saturated carbocycles. The van der Waals surface area contributed by atoms with Gasteiger partial charge in [-0.25, -0.2) is 4.79 Å². The first-order chi connectivity index (χ1) is 14.5. The molecule has 1 aliphatic rings. The number of methoxy groups -OCH3 is 2. The Hall–Kier alpha value is -3.21. The summed E-state index contributed by atoms with van der Waals surface area (Å²) in [7, 11) is 2.81. The van der Waals surface area contributed by atoms with Crippen molar-refractivity contribution < 1.29 is 19.4 Å². The van der Waals surface area contributed by atoms with Gasteiger partial charge >= 0.3 is 5.97 Å². The van der Waals surface area contributed by atoms with Crippen molar-refractivity contribution in [2.45, 2.75) is 12.7 Å². The van der Waals surface area contributed by atoms with E-state index in [1.807, 2.05) is 54.7 Å². The number of carbonyl (C=O) groups is 1. The maximum absolute atomic E-state index is 11.5. The van der Waals surface area contributed by atoms with Crippen LogP contribution in [0.5, 0.6) is 0 Å². The van der Waals surface area contributed by atoms with Crippen LogP contribution in [0, 0.1) is 5.92 Å². The van der Waals surface area contributed by atoms with Gasteiger partial charge in [-0.2, -0.15) is 0 Å². The Morgan fingerprint density at radius 1 is 1.13 bits per heavy atom. The Kier molecular flexibility index (Phi) is 12.2. The van der Waals surface area contributed by atoms with Gasteiger partial charge < -0.3 is 14.6 Å². The molecule has 0 heterocycles. The van der Waals surface area contributed by atoms with Crippen LogP contribution in [0.25, 0.3) is 0 Å². The number of hydrogen-bond acceptors (Lipinski definition) is 4. The van der Waals surface area contributed by atoms with E-state index in [1.165, 1.54) is 14.2 Å². The van der Waals surface area contributed by atoms with Crippen molar-refractivity contribution in [3.05, 3.63) is 121 Å². The fourth-order valence-corrected chi connectivity index (χ4v) is 2.50. The van der Waals surface area contributed by atoms with Crippen LogP contribution < -0.4 is 0 Å². The average Bonchev–Trinajstić information content (AvgIpc) is 2.78. The van der Waals surface area contributed by atoms with Crippen LogP contribution in [0.15, 0.2) is 121 Å². The van der Waals surface area contributed by atoms with Crippen LogP contribution in [-0.2, 0) is 14.3 Å². The fourth-order valence-electron chi connectivity index (χ4n) is 2.50. The largest absolute Gasteiger partial charge is 0.465 e. The minimum atomic E-state index is -0.976. The van der Waals surface area contributed by atoms with Crippen molar-refractivity contribution in [2.24, 2.45) is 5.92 Å². The van der Waals surface area contributed by atoms with Gasteiger partial charge in [0.1, 0.15) is 0 Å². The van der Waals surface area contributed by atoms with E-state index in [-0.39, 0.29) is 11.9 Å². The van der Waals surface area contributed by atoms with E-state index in [0.29, 0.717) is 11.1 Å². The standard InChI is InChI=1S/C26H30O4/c1-5-12-21(15-16-22-17-19-24(20-18-22)26(28)30-4)13-10-8-7-9-11-14-23(6-2)25(27)29-3/h5-17,19-20,22,25,27H,1-2,18H2,3-4H3/b8-7+,11-9+,13-10+,16-15+,21-12+,23-14+. The van der Waals surface area contributed by atoms with Crippen molar-refractivity contribution >= 4 is 5.97 Å². The molecule has 4 heteroatoms. The summed E-state index contributed by atoms with van der Waals surface area (Å²) in [6.07, 6.45) is 27.9. The van der Waals surface area contributed by atoms with Crippen LogP contribution in [0.2, 0.25) is 0 Å². The van der Waals surface area contributed by atoms with Gasteiger partial charge in [-0.1, -0.05) is 104 Å². The highest BCUT2D eigenvalue weighted by Gasteiger charge is 2.11. The highest BCUT2D eigenvalue weighted by Crippen LogP contribution is 2.19. The first-order valence-corrected chi connectivity index (χ1v) is 9.58. The van der Waals surface area contributed by atoms with E-state index in [1.54, 1.807) is 30.4 Å². The van der Waals surface area contributed by atoms with Gasteiger partial charge in [0.2, 0.25) is 0 Å².